The van der Waals surface area contributed by atoms with Gasteiger partial charge in [0.05, 0.1) is 18.1 Å². The molecule has 0 aliphatic rings. The number of pyridine rings is 1. The van der Waals surface area contributed by atoms with Crippen LogP contribution in [-0.4, -0.2) is 41.8 Å². The standard InChI is InChI=1S/C14H15N7O3S/c22-25(23,12-9-17-24-10-12)18-7-6-16-13-3-4-14(21-20-13)19-11-2-1-5-15-8-11/h1-5,8-10,18H,6-7H2,(H,16,20)(H,19,21). The maximum absolute atomic E-state index is 11.8. The first-order chi connectivity index (χ1) is 12.1. The van der Waals surface area contributed by atoms with E-state index in [4.69, 9.17) is 0 Å². The van der Waals surface area contributed by atoms with Crippen LogP contribution in [0, 0.1) is 0 Å². The molecule has 25 heavy (non-hydrogen) atoms. The molecule has 10 nitrogen and oxygen atoms in total. The van der Waals surface area contributed by atoms with Crippen LogP contribution in [0.3, 0.4) is 0 Å². The molecule has 0 aromatic carbocycles. The molecule has 130 valence electrons. The number of hydrogen-bond donors (Lipinski definition) is 3. The van der Waals surface area contributed by atoms with E-state index in [1.54, 1.807) is 24.5 Å². The molecule has 11 heteroatoms. The third-order valence-electron chi connectivity index (χ3n) is 3.04. The van der Waals surface area contributed by atoms with Crippen LogP contribution >= 0.6 is 0 Å². The van der Waals surface area contributed by atoms with Crippen molar-refractivity contribution in [1.29, 1.82) is 0 Å². The molecule has 3 heterocycles. The Labute approximate surface area is 143 Å². The molecular formula is C14H15N7O3S. The predicted molar refractivity (Wildman–Crippen MR) is 89.7 cm³/mol. The zero-order chi connectivity index (χ0) is 17.5. The highest BCUT2D eigenvalue weighted by molar-refractivity contribution is 7.89. The lowest BCUT2D eigenvalue weighted by atomic mass is 10.4. The zero-order valence-electron chi connectivity index (χ0n) is 13.0. The Balaban J connectivity index is 1.46. The Kier molecular flexibility index (Phi) is 5.16. The largest absolute Gasteiger partial charge is 0.367 e. The van der Waals surface area contributed by atoms with Crippen LogP contribution in [0.5, 0.6) is 0 Å². The molecule has 0 atom stereocenters. The van der Waals surface area contributed by atoms with Gasteiger partial charge in [0.15, 0.2) is 5.82 Å². The van der Waals surface area contributed by atoms with Crippen LogP contribution in [-0.2, 0) is 10.0 Å². The minimum Gasteiger partial charge on any atom is -0.367 e. The molecule has 0 aliphatic heterocycles. The second-order valence-corrected chi connectivity index (χ2v) is 6.62. The van der Waals surface area contributed by atoms with Gasteiger partial charge in [0, 0.05) is 19.3 Å². The first kappa shape index (κ1) is 16.8. The van der Waals surface area contributed by atoms with E-state index in [1.165, 1.54) is 0 Å². The van der Waals surface area contributed by atoms with E-state index in [1.807, 2.05) is 12.1 Å². The minimum absolute atomic E-state index is 0.0156. The molecule has 3 rings (SSSR count). The van der Waals surface area contributed by atoms with Crippen molar-refractivity contribution in [3.8, 4) is 0 Å². The number of hydrogen-bond acceptors (Lipinski definition) is 9. The van der Waals surface area contributed by atoms with Gasteiger partial charge in [-0.05, 0) is 24.3 Å². The number of aromatic nitrogens is 4. The summed E-state index contributed by atoms with van der Waals surface area (Å²) in [5, 5.41) is 17.4. The van der Waals surface area contributed by atoms with Crippen LogP contribution in [0.2, 0.25) is 0 Å². The summed E-state index contributed by atoms with van der Waals surface area (Å²) in [5.41, 5.74) is 0.806. The van der Waals surface area contributed by atoms with Crippen molar-refractivity contribution in [2.24, 2.45) is 0 Å². The topological polar surface area (TPSA) is 135 Å². The van der Waals surface area contributed by atoms with Crippen LogP contribution in [0.25, 0.3) is 0 Å². The SMILES string of the molecule is O=S(=O)(NCCNc1ccc(Nc2cccnc2)nn1)c1cnoc1. The summed E-state index contributed by atoms with van der Waals surface area (Å²) in [4.78, 5) is 3.98. The number of sulfonamides is 1. The molecule has 0 aliphatic carbocycles. The van der Waals surface area contributed by atoms with Gasteiger partial charge in [0.2, 0.25) is 10.0 Å². The Hall–Kier alpha value is -3.05. The number of anilines is 3. The second-order valence-electron chi connectivity index (χ2n) is 4.86. The van der Waals surface area contributed by atoms with Crippen LogP contribution < -0.4 is 15.4 Å². The lowest BCUT2D eigenvalue weighted by Gasteiger charge is -2.08. The quantitative estimate of drug-likeness (QED) is 0.502. The molecule has 0 saturated carbocycles. The van der Waals surface area contributed by atoms with Gasteiger partial charge in [-0.15, -0.1) is 10.2 Å². The molecule has 3 aromatic rings. The fraction of sp³-hybridized carbons (Fsp3) is 0.143. The Morgan fingerprint density at radius 2 is 1.88 bits per heavy atom. The molecule has 0 unspecified atom stereocenters. The maximum Gasteiger partial charge on any atom is 0.245 e. The van der Waals surface area contributed by atoms with E-state index >= 15 is 0 Å². The van der Waals surface area contributed by atoms with Gasteiger partial charge < -0.3 is 15.2 Å². The molecular weight excluding hydrogens is 346 g/mol. The number of rotatable bonds is 8. The molecule has 0 amide bonds. The third kappa shape index (κ3) is 4.71. The summed E-state index contributed by atoms with van der Waals surface area (Å²) < 4.78 is 30.6. The molecule has 3 aromatic heterocycles. The van der Waals surface area contributed by atoms with Gasteiger partial charge in [-0.1, -0.05) is 5.16 Å². The van der Waals surface area contributed by atoms with Gasteiger partial charge >= 0.3 is 0 Å². The zero-order valence-corrected chi connectivity index (χ0v) is 13.8. The Morgan fingerprint density at radius 1 is 1.04 bits per heavy atom. The first-order valence-corrected chi connectivity index (χ1v) is 8.75. The van der Waals surface area contributed by atoms with Crippen LogP contribution in [0.4, 0.5) is 17.3 Å². The smallest absolute Gasteiger partial charge is 0.245 e. The summed E-state index contributed by atoms with van der Waals surface area (Å²) in [6, 6.07) is 7.17. The molecule has 3 N–H and O–H groups in total. The van der Waals surface area contributed by atoms with Crippen molar-refractivity contribution in [2.75, 3.05) is 23.7 Å². The molecule has 0 bridgehead atoms. The van der Waals surface area contributed by atoms with E-state index in [-0.39, 0.29) is 11.4 Å². The van der Waals surface area contributed by atoms with E-state index in [2.05, 4.69) is 40.2 Å². The average Bonchev–Trinajstić information content (AvgIpc) is 3.17. The molecule has 0 spiro atoms. The fourth-order valence-corrected chi connectivity index (χ4v) is 2.75. The van der Waals surface area contributed by atoms with Crippen molar-refractivity contribution >= 4 is 27.3 Å². The van der Waals surface area contributed by atoms with Gasteiger partial charge in [-0.3, -0.25) is 4.98 Å². The fourth-order valence-electron chi connectivity index (χ4n) is 1.87. The second kappa shape index (κ2) is 7.68. The minimum atomic E-state index is -3.61. The summed E-state index contributed by atoms with van der Waals surface area (Å²) in [7, 11) is -3.61. The Bertz CT molecular complexity index is 884. The third-order valence-corrected chi connectivity index (χ3v) is 4.45. The summed E-state index contributed by atoms with van der Waals surface area (Å²) in [6.45, 7) is 0.513. The van der Waals surface area contributed by atoms with E-state index < -0.39 is 10.0 Å². The monoisotopic (exact) mass is 361 g/mol. The Morgan fingerprint density at radius 3 is 2.56 bits per heavy atom. The van der Waals surface area contributed by atoms with Gasteiger partial charge in [0.1, 0.15) is 17.0 Å². The van der Waals surface area contributed by atoms with E-state index in [0.29, 0.717) is 18.2 Å². The lowest BCUT2D eigenvalue weighted by molar-refractivity contribution is 0.417. The highest BCUT2D eigenvalue weighted by Crippen LogP contribution is 2.12. The van der Waals surface area contributed by atoms with Gasteiger partial charge in [-0.2, -0.15) is 0 Å². The molecule has 0 fully saturated rings. The van der Waals surface area contributed by atoms with Crippen molar-refractivity contribution in [3.05, 3.63) is 49.1 Å². The predicted octanol–water partition coefficient (Wildman–Crippen LogP) is 0.994. The van der Waals surface area contributed by atoms with Crippen molar-refractivity contribution in [1.82, 2.24) is 25.1 Å². The normalized spacial score (nSPS) is 11.2. The van der Waals surface area contributed by atoms with Gasteiger partial charge in [0.25, 0.3) is 0 Å². The first-order valence-electron chi connectivity index (χ1n) is 7.27. The summed E-state index contributed by atoms with van der Waals surface area (Å²) in [5.74, 6) is 1.10. The van der Waals surface area contributed by atoms with E-state index in [0.717, 1.165) is 18.1 Å². The molecule has 0 saturated heterocycles. The highest BCUT2D eigenvalue weighted by Gasteiger charge is 2.15. The van der Waals surface area contributed by atoms with E-state index in [9.17, 15) is 8.42 Å². The van der Waals surface area contributed by atoms with Crippen molar-refractivity contribution in [3.63, 3.8) is 0 Å². The number of nitrogens with one attached hydrogen (secondary N) is 3. The lowest BCUT2D eigenvalue weighted by Crippen LogP contribution is -2.28. The average molecular weight is 361 g/mol. The summed E-state index contributed by atoms with van der Waals surface area (Å²) in [6.07, 6.45) is 5.56. The maximum atomic E-state index is 11.8. The van der Waals surface area contributed by atoms with Crippen molar-refractivity contribution < 1.29 is 12.9 Å². The summed E-state index contributed by atoms with van der Waals surface area (Å²) >= 11 is 0. The van der Waals surface area contributed by atoms with Crippen LogP contribution in [0.1, 0.15) is 0 Å². The van der Waals surface area contributed by atoms with Crippen molar-refractivity contribution in [2.45, 2.75) is 4.90 Å². The molecule has 0 radical (unpaired) electrons. The number of nitrogens with zero attached hydrogens (tertiary/aromatic N) is 4. The van der Waals surface area contributed by atoms with Gasteiger partial charge in [-0.25, -0.2) is 13.1 Å². The van der Waals surface area contributed by atoms with Crippen LogP contribution in [0.15, 0.2) is 58.5 Å². The highest BCUT2D eigenvalue weighted by atomic mass is 32.2.